The van der Waals surface area contributed by atoms with E-state index in [0.29, 0.717) is 5.02 Å². The van der Waals surface area contributed by atoms with Crippen LogP contribution in [0.5, 0.6) is 0 Å². The standard InChI is InChI=1S/C14H9Cl3O3S/c15-9-2-1-3-11(6-9)21(19,20)8-14(18)12-7-10(16)4-5-13(12)17/h1-7H,8H2. The summed E-state index contributed by atoms with van der Waals surface area (Å²) in [6.45, 7) is 0. The number of Topliss-reactive ketones (excluding diaryl/α,β-unsaturated/α-hetero) is 1. The lowest BCUT2D eigenvalue weighted by Crippen LogP contribution is -2.16. The first-order valence-corrected chi connectivity index (χ1v) is 8.55. The predicted octanol–water partition coefficient (Wildman–Crippen LogP) is 4.30. The molecule has 3 nitrogen and oxygen atoms in total. The maximum Gasteiger partial charge on any atom is 0.185 e. The van der Waals surface area contributed by atoms with E-state index in [-0.39, 0.29) is 20.5 Å². The second-order valence-corrected chi connectivity index (χ2v) is 7.53. The van der Waals surface area contributed by atoms with E-state index in [1.54, 1.807) is 6.07 Å². The summed E-state index contributed by atoms with van der Waals surface area (Å²) in [5, 5.41) is 0.748. The van der Waals surface area contributed by atoms with E-state index in [4.69, 9.17) is 34.8 Å². The first-order chi connectivity index (χ1) is 9.79. The molecule has 0 aliphatic rings. The lowest BCUT2D eigenvalue weighted by Gasteiger charge is -2.06. The van der Waals surface area contributed by atoms with E-state index in [9.17, 15) is 13.2 Å². The third-order valence-electron chi connectivity index (χ3n) is 2.71. The fraction of sp³-hybridized carbons (Fsp3) is 0.0714. The van der Waals surface area contributed by atoms with Crippen LogP contribution in [0.4, 0.5) is 0 Å². The van der Waals surface area contributed by atoms with E-state index >= 15 is 0 Å². The number of ketones is 1. The molecule has 110 valence electrons. The van der Waals surface area contributed by atoms with Gasteiger partial charge < -0.3 is 0 Å². The Hall–Kier alpha value is -1.07. The van der Waals surface area contributed by atoms with Crippen molar-refractivity contribution in [3.05, 3.63) is 63.1 Å². The van der Waals surface area contributed by atoms with Gasteiger partial charge in [0, 0.05) is 15.6 Å². The van der Waals surface area contributed by atoms with Gasteiger partial charge >= 0.3 is 0 Å². The van der Waals surface area contributed by atoms with Crippen LogP contribution < -0.4 is 0 Å². The minimum absolute atomic E-state index is 0.0125. The average Bonchev–Trinajstić information content (AvgIpc) is 2.41. The van der Waals surface area contributed by atoms with Crippen molar-refractivity contribution in [3.63, 3.8) is 0 Å². The van der Waals surface area contributed by atoms with Crippen LogP contribution >= 0.6 is 34.8 Å². The first-order valence-electron chi connectivity index (χ1n) is 5.76. The van der Waals surface area contributed by atoms with Gasteiger partial charge in [0.2, 0.25) is 0 Å². The lowest BCUT2D eigenvalue weighted by atomic mass is 10.1. The van der Waals surface area contributed by atoms with Gasteiger partial charge in [-0.1, -0.05) is 40.9 Å². The van der Waals surface area contributed by atoms with Crippen molar-refractivity contribution in [1.82, 2.24) is 0 Å². The highest BCUT2D eigenvalue weighted by Crippen LogP contribution is 2.23. The van der Waals surface area contributed by atoms with Gasteiger partial charge in [0.05, 0.1) is 9.92 Å². The van der Waals surface area contributed by atoms with Crippen molar-refractivity contribution >= 4 is 50.4 Å². The second-order valence-electron chi connectivity index (χ2n) is 4.26. The molecule has 0 spiro atoms. The Labute approximate surface area is 137 Å². The summed E-state index contributed by atoms with van der Waals surface area (Å²) in [7, 11) is -3.80. The van der Waals surface area contributed by atoms with Gasteiger partial charge in [-0.2, -0.15) is 0 Å². The molecule has 7 heteroatoms. The van der Waals surface area contributed by atoms with Gasteiger partial charge in [-0.05, 0) is 36.4 Å². The molecule has 0 saturated heterocycles. The Balaban J connectivity index is 2.32. The highest BCUT2D eigenvalue weighted by molar-refractivity contribution is 7.92. The largest absolute Gasteiger partial charge is 0.293 e. The molecule has 0 fully saturated rings. The molecule has 0 amide bonds. The zero-order valence-electron chi connectivity index (χ0n) is 10.5. The third kappa shape index (κ3) is 3.98. The van der Waals surface area contributed by atoms with Crippen LogP contribution in [0.1, 0.15) is 10.4 Å². The maximum atomic E-state index is 12.2. The summed E-state index contributed by atoms with van der Waals surface area (Å²) < 4.78 is 24.4. The van der Waals surface area contributed by atoms with E-state index in [1.807, 2.05) is 0 Å². The van der Waals surface area contributed by atoms with Crippen LogP contribution in [0.3, 0.4) is 0 Å². The number of rotatable bonds is 4. The van der Waals surface area contributed by atoms with Crippen LogP contribution in [-0.4, -0.2) is 20.0 Å². The predicted molar refractivity (Wildman–Crippen MR) is 84.3 cm³/mol. The molecule has 2 aromatic rings. The molecular weight excluding hydrogens is 355 g/mol. The number of hydrogen-bond donors (Lipinski definition) is 0. The van der Waals surface area contributed by atoms with Crippen molar-refractivity contribution < 1.29 is 13.2 Å². The molecule has 0 saturated carbocycles. The lowest BCUT2D eigenvalue weighted by molar-refractivity contribution is 0.102. The molecule has 0 aliphatic carbocycles. The Bertz CT molecular complexity index is 801. The molecule has 2 rings (SSSR count). The maximum absolute atomic E-state index is 12.2. The first kappa shape index (κ1) is 16.3. The quantitative estimate of drug-likeness (QED) is 0.761. The van der Waals surface area contributed by atoms with E-state index in [1.165, 1.54) is 36.4 Å². The average molecular weight is 364 g/mol. The third-order valence-corrected chi connectivity index (χ3v) is 5.12. The summed E-state index contributed by atoms with van der Waals surface area (Å²) in [5.41, 5.74) is 0.0785. The van der Waals surface area contributed by atoms with Crippen molar-refractivity contribution in [2.45, 2.75) is 4.90 Å². The number of carbonyl (C=O) groups excluding carboxylic acids is 1. The molecule has 21 heavy (non-hydrogen) atoms. The molecule has 2 aromatic carbocycles. The molecule has 0 bridgehead atoms. The summed E-state index contributed by atoms with van der Waals surface area (Å²) in [6, 6.07) is 10.1. The van der Waals surface area contributed by atoms with Gasteiger partial charge in [0.1, 0.15) is 5.75 Å². The summed E-state index contributed by atoms with van der Waals surface area (Å²) in [5.74, 6) is -1.32. The molecular formula is C14H9Cl3O3S. The molecule has 0 N–H and O–H groups in total. The Morgan fingerprint density at radius 3 is 2.29 bits per heavy atom. The number of benzene rings is 2. The topological polar surface area (TPSA) is 51.2 Å². The van der Waals surface area contributed by atoms with E-state index < -0.39 is 21.4 Å². The Kier molecular flexibility index (Phi) is 4.94. The summed E-state index contributed by atoms with van der Waals surface area (Å²) in [6.07, 6.45) is 0. The van der Waals surface area contributed by atoms with Gasteiger partial charge in [0.25, 0.3) is 0 Å². The molecule has 0 heterocycles. The zero-order valence-corrected chi connectivity index (χ0v) is 13.6. The number of hydrogen-bond acceptors (Lipinski definition) is 3. The fourth-order valence-electron chi connectivity index (χ4n) is 1.71. The second kappa shape index (κ2) is 6.36. The fourth-order valence-corrected chi connectivity index (χ4v) is 3.62. The Morgan fingerprint density at radius 1 is 0.952 bits per heavy atom. The molecule has 0 unspecified atom stereocenters. The monoisotopic (exact) mass is 362 g/mol. The Morgan fingerprint density at radius 2 is 1.62 bits per heavy atom. The highest BCUT2D eigenvalue weighted by Gasteiger charge is 2.22. The van der Waals surface area contributed by atoms with Gasteiger partial charge in [-0.25, -0.2) is 8.42 Å². The minimum atomic E-state index is -3.80. The molecule has 0 aliphatic heterocycles. The van der Waals surface area contributed by atoms with Crippen LogP contribution in [-0.2, 0) is 9.84 Å². The van der Waals surface area contributed by atoms with Crippen LogP contribution in [0.15, 0.2) is 47.4 Å². The number of halogens is 3. The van der Waals surface area contributed by atoms with Crippen LogP contribution in [0, 0.1) is 0 Å². The van der Waals surface area contributed by atoms with Crippen LogP contribution in [0.2, 0.25) is 15.1 Å². The van der Waals surface area contributed by atoms with Gasteiger partial charge in [0.15, 0.2) is 15.6 Å². The van der Waals surface area contributed by atoms with Gasteiger partial charge in [-0.15, -0.1) is 0 Å². The highest BCUT2D eigenvalue weighted by atomic mass is 35.5. The van der Waals surface area contributed by atoms with Crippen LogP contribution in [0.25, 0.3) is 0 Å². The van der Waals surface area contributed by atoms with E-state index in [0.717, 1.165) is 0 Å². The normalized spacial score (nSPS) is 11.4. The van der Waals surface area contributed by atoms with E-state index in [2.05, 4.69) is 0 Å². The van der Waals surface area contributed by atoms with Crippen molar-refractivity contribution in [2.24, 2.45) is 0 Å². The number of carbonyl (C=O) groups is 1. The summed E-state index contributed by atoms with van der Waals surface area (Å²) in [4.78, 5) is 12.1. The zero-order chi connectivity index (χ0) is 15.6. The minimum Gasteiger partial charge on any atom is -0.293 e. The van der Waals surface area contributed by atoms with Crippen molar-refractivity contribution in [2.75, 3.05) is 5.75 Å². The van der Waals surface area contributed by atoms with Crippen molar-refractivity contribution in [1.29, 1.82) is 0 Å². The molecule has 0 aromatic heterocycles. The smallest absolute Gasteiger partial charge is 0.185 e. The van der Waals surface area contributed by atoms with Gasteiger partial charge in [-0.3, -0.25) is 4.79 Å². The SMILES string of the molecule is O=C(CS(=O)(=O)c1cccc(Cl)c1)c1cc(Cl)ccc1Cl. The van der Waals surface area contributed by atoms with Crippen molar-refractivity contribution in [3.8, 4) is 0 Å². The summed E-state index contributed by atoms with van der Waals surface area (Å²) >= 11 is 17.5. The number of sulfone groups is 1. The molecule has 0 radical (unpaired) electrons. The molecule has 0 atom stereocenters.